The van der Waals surface area contributed by atoms with Crippen LogP contribution in [0.3, 0.4) is 0 Å². The number of nitrogens with one attached hydrogen (secondary N) is 3. The van der Waals surface area contributed by atoms with Gasteiger partial charge in [-0.1, -0.05) is 17.7 Å². The summed E-state index contributed by atoms with van der Waals surface area (Å²) < 4.78 is 67.9. The van der Waals surface area contributed by atoms with Crippen LogP contribution in [0.5, 0.6) is 0 Å². The summed E-state index contributed by atoms with van der Waals surface area (Å²) >= 11 is 7.69. The fourth-order valence-electron chi connectivity index (χ4n) is 4.81. The molecule has 2 fully saturated rings. The Morgan fingerprint density at radius 1 is 1.15 bits per heavy atom. The van der Waals surface area contributed by atoms with Crippen LogP contribution in [0.2, 0.25) is 5.02 Å². The fraction of sp³-hybridized carbons (Fsp3) is 0.481. The molecule has 0 saturated carbocycles. The first-order valence-electron chi connectivity index (χ1n) is 13.2. The molecule has 2 saturated heterocycles. The van der Waals surface area contributed by atoms with Crippen molar-refractivity contribution in [1.29, 1.82) is 0 Å². The number of amides is 2. The standard InChI is InChI=1S/C27H31ClF5N5O2S/c1-16-15-38(10-9-37(16)8-6-27(31,32)33)21-12-18(28)3-5-20(21)36-25(39)19-4-2-17(23(29)24(19)30)13-35-26(40)22-14-34-7-11-41-22/h2-5,12,16,22,34H,6-11,13-15H2,1H3,(H,35,40)(H,36,39)/t16-,22+/m0/s1. The van der Waals surface area contributed by atoms with Gasteiger partial charge in [0.1, 0.15) is 0 Å². The van der Waals surface area contributed by atoms with Crippen LogP contribution < -0.4 is 20.9 Å². The maximum atomic E-state index is 15.0. The van der Waals surface area contributed by atoms with Crippen LogP contribution in [0.1, 0.15) is 29.3 Å². The van der Waals surface area contributed by atoms with E-state index >= 15 is 0 Å². The largest absolute Gasteiger partial charge is 0.390 e. The van der Waals surface area contributed by atoms with Crippen LogP contribution in [0, 0.1) is 11.6 Å². The zero-order valence-electron chi connectivity index (χ0n) is 22.3. The molecule has 0 radical (unpaired) electrons. The SMILES string of the molecule is C[C@H]1CN(c2cc(Cl)ccc2NC(=O)c2ccc(CNC(=O)[C@H]3CNCCS3)c(F)c2F)CCN1CCC(F)(F)F. The van der Waals surface area contributed by atoms with Gasteiger partial charge in [-0.05, 0) is 31.2 Å². The van der Waals surface area contributed by atoms with Gasteiger partial charge in [-0.25, -0.2) is 8.78 Å². The highest BCUT2D eigenvalue weighted by Crippen LogP contribution is 2.32. The average molecular weight is 620 g/mol. The number of alkyl halides is 3. The average Bonchev–Trinajstić information content (AvgIpc) is 2.93. The Balaban J connectivity index is 1.43. The smallest absolute Gasteiger partial charge is 0.367 e. The van der Waals surface area contributed by atoms with E-state index in [-0.39, 0.29) is 35.9 Å². The van der Waals surface area contributed by atoms with Gasteiger partial charge in [0.15, 0.2) is 11.6 Å². The normalized spacial score (nSPS) is 20.1. The lowest BCUT2D eigenvalue weighted by molar-refractivity contribution is -0.139. The lowest BCUT2D eigenvalue weighted by Crippen LogP contribution is -2.52. The van der Waals surface area contributed by atoms with Gasteiger partial charge in [0.05, 0.1) is 28.6 Å². The molecule has 2 aromatic rings. The highest BCUT2D eigenvalue weighted by molar-refractivity contribution is 8.00. The minimum Gasteiger partial charge on any atom is -0.367 e. The van der Waals surface area contributed by atoms with E-state index in [1.54, 1.807) is 11.0 Å². The van der Waals surface area contributed by atoms with E-state index in [1.807, 2.05) is 11.8 Å². The monoisotopic (exact) mass is 619 g/mol. The number of hydrogen-bond donors (Lipinski definition) is 3. The van der Waals surface area contributed by atoms with Crippen LogP contribution in [-0.4, -0.2) is 79.2 Å². The van der Waals surface area contributed by atoms with Crippen molar-refractivity contribution < 1.29 is 31.5 Å². The Labute approximate surface area is 244 Å². The van der Waals surface area contributed by atoms with Crippen LogP contribution in [0.15, 0.2) is 30.3 Å². The predicted molar refractivity (Wildman–Crippen MR) is 151 cm³/mol. The third kappa shape index (κ3) is 8.24. The summed E-state index contributed by atoms with van der Waals surface area (Å²) in [6.07, 6.45) is -5.14. The molecule has 2 amide bonds. The van der Waals surface area contributed by atoms with Crippen LogP contribution in [0.25, 0.3) is 0 Å². The summed E-state index contributed by atoms with van der Waals surface area (Å²) in [4.78, 5) is 29.0. The Hall–Kier alpha value is -2.61. The Bertz CT molecular complexity index is 1260. The van der Waals surface area contributed by atoms with Crippen molar-refractivity contribution in [3.8, 4) is 0 Å². The number of nitrogens with zero attached hydrogens (tertiary/aromatic N) is 2. The molecular formula is C27H31ClF5N5O2S. The number of carbonyl (C=O) groups excluding carboxylic acids is 2. The number of thioether (sulfide) groups is 1. The Morgan fingerprint density at radius 3 is 2.61 bits per heavy atom. The van der Waals surface area contributed by atoms with E-state index in [9.17, 15) is 31.5 Å². The highest BCUT2D eigenvalue weighted by atomic mass is 35.5. The number of halogens is 6. The molecule has 4 rings (SSSR count). The Kier molecular flexibility index (Phi) is 10.4. The summed E-state index contributed by atoms with van der Waals surface area (Å²) in [5, 5.41) is 8.39. The zero-order chi connectivity index (χ0) is 29.7. The molecule has 2 atom stereocenters. The lowest BCUT2D eigenvalue weighted by atomic mass is 10.1. The van der Waals surface area contributed by atoms with Gasteiger partial charge >= 0.3 is 6.18 Å². The molecule has 3 N–H and O–H groups in total. The summed E-state index contributed by atoms with van der Waals surface area (Å²) in [6.45, 7) is 3.89. The second-order valence-corrected chi connectivity index (χ2v) is 11.7. The number of anilines is 2. The van der Waals surface area contributed by atoms with Gasteiger partial charge in [-0.3, -0.25) is 14.5 Å². The molecule has 0 aromatic heterocycles. The van der Waals surface area contributed by atoms with Crippen molar-refractivity contribution >= 4 is 46.6 Å². The van der Waals surface area contributed by atoms with Crippen molar-refractivity contribution in [3.05, 3.63) is 58.1 Å². The first kappa shape index (κ1) is 31.3. The predicted octanol–water partition coefficient (Wildman–Crippen LogP) is 4.65. The highest BCUT2D eigenvalue weighted by Gasteiger charge is 2.32. The zero-order valence-corrected chi connectivity index (χ0v) is 23.9. The maximum absolute atomic E-state index is 15.0. The number of carbonyl (C=O) groups is 2. The molecule has 0 spiro atoms. The molecule has 224 valence electrons. The van der Waals surface area contributed by atoms with Gasteiger partial charge in [0, 0.05) is 68.2 Å². The van der Waals surface area contributed by atoms with Crippen molar-refractivity contribution in [2.45, 2.75) is 37.4 Å². The second-order valence-electron chi connectivity index (χ2n) is 9.99. The maximum Gasteiger partial charge on any atom is 0.390 e. The van der Waals surface area contributed by atoms with Gasteiger partial charge < -0.3 is 20.9 Å². The first-order valence-corrected chi connectivity index (χ1v) is 14.6. The third-order valence-electron chi connectivity index (χ3n) is 7.08. The van der Waals surface area contributed by atoms with Crippen molar-refractivity contribution in [2.75, 3.05) is 55.2 Å². The van der Waals surface area contributed by atoms with E-state index in [2.05, 4.69) is 16.0 Å². The van der Waals surface area contributed by atoms with Crippen LogP contribution >= 0.6 is 23.4 Å². The third-order valence-corrected chi connectivity index (χ3v) is 8.53. The van der Waals surface area contributed by atoms with E-state index in [0.29, 0.717) is 42.6 Å². The molecular weight excluding hydrogens is 589 g/mol. The van der Waals surface area contributed by atoms with Crippen LogP contribution in [-0.2, 0) is 11.3 Å². The van der Waals surface area contributed by atoms with E-state index < -0.39 is 35.7 Å². The molecule has 2 aliphatic heterocycles. The van der Waals surface area contributed by atoms with Crippen molar-refractivity contribution in [3.63, 3.8) is 0 Å². The second kappa shape index (κ2) is 13.6. The number of hydrogen-bond acceptors (Lipinski definition) is 6. The molecule has 0 bridgehead atoms. The minimum absolute atomic E-state index is 0.0919. The molecule has 0 aliphatic carbocycles. The molecule has 41 heavy (non-hydrogen) atoms. The topological polar surface area (TPSA) is 76.7 Å². The van der Waals surface area contributed by atoms with Crippen molar-refractivity contribution in [2.24, 2.45) is 0 Å². The first-order chi connectivity index (χ1) is 19.4. The number of rotatable bonds is 8. The lowest BCUT2D eigenvalue weighted by Gasteiger charge is -2.41. The molecule has 7 nitrogen and oxygen atoms in total. The van der Waals surface area contributed by atoms with Gasteiger partial charge in [-0.2, -0.15) is 13.2 Å². The van der Waals surface area contributed by atoms with Crippen molar-refractivity contribution in [1.82, 2.24) is 15.5 Å². The molecule has 14 heteroatoms. The summed E-state index contributed by atoms with van der Waals surface area (Å²) in [7, 11) is 0. The summed E-state index contributed by atoms with van der Waals surface area (Å²) in [5.41, 5.74) is 0.204. The molecule has 2 heterocycles. The molecule has 2 aromatic carbocycles. The van der Waals surface area contributed by atoms with Gasteiger partial charge in [0.2, 0.25) is 5.91 Å². The number of benzene rings is 2. The molecule has 2 aliphatic rings. The summed E-state index contributed by atoms with van der Waals surface area (Å²) in [5.74, 6) is -2.97. The molecule has 0 unspecified atom stereocenters. The van der Waals surface area contributed by atoms with Gasteiger partial charge in [-0.15, -0.1) is 11.8 Å². The van der Waals surface area contributed by atoms with E-state index in [4.69, 9.17) is 11.6 Å². The Morgan fingerprint density at radius 2 is 1.93 bits per heavy atom. The van der Waals surface area contributed by atoms with E-state index in [0.717, 1.165) is 18.4 Å². The summed E-state index contributed by atoms with van der Waals surface area (Å²) in [6, 6.07) is 6.88. The quantitative estimate of drug-likeness (QED) is 0.374. The van der Waals surface area contributed by atoms with Crippen LogP contribution in [0.4, 0.5) is 33.3 Å². The van der Waals surface area contributed by atoms with Gasteiger partial charge in [0.25, 0.3) is 5.91 Å². The minimum atomic E-state index is -4.24. The number of piperazine rings is 1. The van der Waals surface area contributed by atoms with E-state index in [1.165, 1.54) is 30.0 Å². The fourth-order valence-corrected chi connectivity index (χ4v) is 5.99.